The number of pyridine rings is 1. The average molecular weight is 460 g/mol. The second kappa shape index (κ2) is 9.16. The maximum atomic E-state index is 14.9. The number of fused-ring (bicyclic) bond motifs is 2. The Bertz CT molecular complexity index is 1260. The number of aryl methyl sites for hydroxylation is 2. The predicted molar refractivity (Wildman–Crippen MR) is 130 cm³/mol. The van der Waals surface area contributed by atoms with Crippen LogP contribution in [0.4, 0.5) is 4.39 Å². The zero-order valence-corrected chi connectivity index (χ0v) is 19.8. The summed E-state index contributed by atoms with van der Waals surface area (Å²) in [5.74, 6) is -0.697. The lowest BCUT2D eigenvalue weighted by Gasteiger charge is -2.37. The summed E-state index contributed by atoms with van der Waals surface area (Å²) in [7, 11) is 0. The van der Waals surface area contributed by atoms with Crippen LogP contribution in [0.15, 0.2) is 48.7 Å². The molecule has 2 amide bonds. The second-order valence-electron chi connectivity index (χ2n) is 9.69. The number of halogens is 1. The molecule has 2 fully saturated rings. The van der Waals surface area contributed by atoms with E-state index in [0.29, 0.717) is 25.3 Å². The molecule has 1 aliphatic carbocycles. The standard InChI is InChI=1S/C28H30FN3O2/c1-18-13-25(30-16-19(18)2)28(34)32-12-11-31(17-22-9-5-6-10-26(22)32)27(33)23-14-20-7-3-4-8-21(20)15-24(23)29/h3-4,7-8,13-16,22,26H,5-6,9-12,17H2,1-2H3. The highest BCUT2D eigenvalue weighted by Gasteiger charge is 2.38. The zero-order valence-electron chi connectivity index (χ0n) is 19.8. The summed E-state index contributed by atoms with van der Waals surface area (Å²) in [4.78, 5) is 35.1. The number of amides is 2. The van der Waals surface area contributed by atoms with Gasteiger partial charge in [0.2, 0.25) is 0 Å². The molecule has 34 heavy (non-hydrogen) atoms. The lowest BCUT2D eigenvalue weighted by molar-refractivity contribution is 0.0578. The summed E-state index contributed by atoms with van der Waals surface area (Å²) in [6, 6.07) is 12.5. The van der Waals surface area contributed by atoms with Crippen LogP contribution in [0.3, 0.4) is 0 Å². The number of nitrogens with zero attached hydrogens (tertiary/aromatic N) is 3. The Kier molecular flexibility index (Phi) is 6.07. The number of carbonyl (C=O) groups excluding carboxylic acids is 2. The van der Waals surface area contributed by atoms with Crippen molar-refractivity contribution >= 4 is 22.6 Å². The quantitative estimate of drug-likeness (QED) is 0.533. The van der Waals surface area contributed by atoms with Gasteiger partial charge in [0.1, 0.15) is 11.5 Å². The first-order valence-corrected chi connectivity index (χ1v) is 12.1. The third kappa shape index (κ3) is 4.17. The van der Waals surface area contributed by atoms with Crippen LogP contribution in [-0.4, -0.2) is 52.3 Å². The smallest absolute Gasteiger partial charge is 0.272 e. The molecule has 1 aliphatic heterocycles. The van der Waals surface area contributed by atoms with Gasteiger partial charge in [-0.25, -0.2) is 4.39 Å². The lowest BCUT2D eigenvalue weighted by Crippen LogP contribution is -2.46. The SMILES string of the molecule is Cc1cnc(C(=O)N2CCN(C(=O)c3cc4ccccc4cc3F)CC3CCCCC32)cc1C. The molecular weight excluding hydrogens is 429 g/mol. The van der Waals surface area contributed by atoms with Crippen LogP contribution < -0.4 is 0 Å². The molecule has 1 saturated heterocycles. The molecule has 2 atom stereocenters. The largest absolute Gasteiger partial charge is 0.336 e. The first-order valence-electron chi connectivity index (χ1n) is 12.1. The summed E-state index contributed by atoms with van der Waals surface area (Å²) in [5.41, 5.74) is 2.64. The van der Waals surface area contributed by atoms with E-state index in [1.807, 2.05) is 49.1 Å². The Morgan fingerprint density at radius 2 is 1.68 bits per heavy atom. The van der Waals surface area contributed by atoms with Crippen LogP contribution in [0, 0.1) is 25.6 Å². The van der Waals surface area contributed by atoms with Gasteiger partial charge in [-0.15, -0.1) is 0 Å². The highest BCUT2D eigenvalue weighted by atomic mass is 19.1. The van der Waals surface area contributed by atoms with Crippen molar-refractivity contribution in [3.05, 3.63) is 76.9 Å². The molecule has 2 unspecified atom stereocenters. The minimum atomic E-state index is -0.500. The van der Waals surface area contributed by atoms with Crippen LogP contribution >= 0.6 is 0 Å². The van der Waals surface area contributed by atoms with E-state index in [-0.39, 0.29) is 29.3 Å². The fraction of sp³-hybridized carbons (Fsp3) is 0.393. The van der Waals surface area contributed by atoms with Gasteiger partial charge in [0.15, 0.2) is 0 Å². The van der Waals surface area contributed by atoms with E-state index in [4.69, 9.17) is 0 Å². The molecule has 0 radical (unpaired) electrons. The second-order valence-corrected chi connectivity index (χ2v) is 9.69. The highest BCUT2D eigenvalue weighted by molar-refractivity contribution is 5.99. The van der Waals surface area contributed by atoms with Crippen LogP contribution in [0.2, 0.25) is 0 Å². The van der Waals surface area contributed by atoms with E-state index < -0.39 is 5.82 Å². The van der Waals surface area contributed by atoms with Crippen LogP contribution in [-0.2, 0) is 0 Å². The van der Waals surface area contributed by atoms with Crippen LogP contribution in [0.5, 0.6) is 0 Å². The van der Waals surface area contributed by atoms with Crippen LogP contribution in [0.1, 0.15) is 57.7 Å². The molecule has 1 aromatic heterocycles. The minimum absolute atomic E-state index is 0.0731. The van der Waals surface area contributed by atoms with E-state index in [1.54, 1.807) is 17.2 Å². The van der Waals surface area contributed by atoms with Gasteiger partial charge in [-0.05, 0) is 72.7 Å². The summed E-state index contributed by atoms with van der Waals surface area (Å²) < 4.78 is 14.9. The molecule has 2 aliphatic rings. The molecule has 0 N–H and O–H groups in total. The van der Waals surface area contributed by atoms with Crippen molar-refractivity contribution < 1.29 is 14.0 Å². The van der Waals surface area contributed by atoms with Crippen LogP contribution in [0.25, 0.3) is 10.8 Å². The Morgan fingerprint density at radius 3 is 2.44 bits per heavy atom. The first-order chi connectivity index (χ1) is 16.4. The van der Waals surface area contributed by atoms with E-state index in [9.17, 15) is 14.0 Å². The van der Waals surface area contributed by atoms with E-state index in [0.717, 1.165) is 47.6 Å². The maximum absolute atomic E-state index is 14.9. The number of benzene rings is 2. The predicted octanol–water partition coefficient (Wildman–Crippen LogP) is 5.15. The number of carbonyl (C=O) groups is 2. The molecule has 2 heterocycles. The maximum Gasteiger partial charge on any atom is 0.272 e. The van der Waals surface area contributed by atoms with Crippen molar-refractivity contribution in [2.75, 3.05) is 19.6 Å². The molecular formula is C28H30FN3O2. The number of aromatic nitrogens is 1. The molecule has 6 heteroatoms. The van der Waals surface area contributed by atoms with E-state index >= 15 is 0 Å². The van der Waals surface area contributed by atoms with Gasteiger partial charge in [-0.3, -0.25) is 14.6 Å². The highest BCUT2D eigenvalue weighted by Crippen LogP contribution is 2.33. The number of rotatable bonds is 2. The van der Waals surface area contributed by atoms with Gasteiger partial charge < -0.3 is 9.80 Å². The molecule has 5 rings (SSSR count). The van der Waals surface area contributed by atoms with Gasteiger partial charge >= 0.3 is 0 Å². The Morgan fingerprint density at radius 1 is 0.941 bits per heavy atom. The fourth-order valence-corrected chi connectivity index (χ4v) is 5.45. The topological polar surface area (TPSA) is 53.5 Å². The Labute approximate surface area is 199 Å². The van der Waals surface area contributed by atoms with Crippen molar-refractivity contribution in [1.82, 2.24) is 14.8 Å². The molecule has 2 aromatic carbocycles. The molecule has 1 saturated carbocycles. The summed E-state index contributed by atoms with van der Waals surface area (Å²) in [6.07, 6.45) is 5.78. The third-order valence-corrected chi connectivity index (χ3v) is 7.54. The van der Waals surface area contributed by atoms with Gasteiger partial charge in [0.25, 0.3) is 11.8 Å². The summed E-state index contributed by atoms with van der Waals surface area (Å²) in [5, 5.41) is 1.62. The average Bonchev–Trinajstić information content (AvgIpc) is 3.04. The monoisotopic (exact) mass is 459 g/mol. The summed E-state index contributed by atoms with van der Waals surface area (Å²) >= 11 is 0. The van der Waals surface area contributed by atoms with Gasteiger partial charge in [-0.1, -0.05) is 37.1 Å². The Balaban J connectivity index is 1.43. The van der Waals surface area contributed by atoms with Crippen molar-refractivity contribution in [3.63, 3.8) is 0 Å². The molecule has 3 aromatic rings. The minimum Gasteiger partial charge on any atom is -0.336 e. The molecule has 0 spiro atoms. The normalized spacial score (nSPS) is 20.7. The third-order valence-electron chi connectivity index (χ3n) is 7.54. The van der Waals surface area contributed by atoms with Gasteiger partial charge in [0, 0.05) is 31.9 Å². The molecule has 5 nitrogen and oxygen atoms in total. The Hall–Kier alpha value is -3.28. The molecule has 0 bridgehead atoms. The van der Waals surface area contributed by atoms with Crippen molar-refractivity contribution in [1.29, 1.82) is 0 Å². The van der Waals surface area contributed by atoms with E-state index in [1.165, 1.54) is 6.07 Å². The van der Waals surface area contributed by atoms with Crippen molar-refractivity contribution in [2.24, 2.45) is 5.92 Å². The number of hydrogen-bond acceptors (Lipinski definition) is 3. The lowest BCUT2D eigenvalue weighted by atomic mass is 9.83. The molecule has 176 valence electrons. The first kappa shape index (κ1) is 22.5. The van der Waals surface area contributed by atoms with Crippen molar-refractivity contribution in [3.8, 4) is 0 Å². The number of hydrogen-bond donors (Lipinski definition) is 0. The van der Waals surface area contributed by atoms with E-state index in [2.05, 4.69) is 4.98 Å². The van der Waals surface area contributed by atoms with Gasteiger partial charge in [0.05, 0.1) is 5.56 Å². The van der Waals surface area contributed by atoms with Gasteiger partial charge in [-0.2, -0.15) is 0 Å². The van der Waals surface area contributed by atoms with Crippen molar-refractivity contribution in [2.45, 2.75) is 45.6 Å². The fourth-order valence-electron chi connectivity index (χ4n) is 5.45. The summed E-state index contributed by atoms with van der Waals surface area (Å²) in [6.45, 7) is 5.32. The zero-order chi connectivity index (χ0) is 23.8.